The van der Waals surface area contributed by atoms with Crippen LogP contribution in [-0.4, -0.2) is 57.4 Å². The number of halogens is 1. The minimum atomic E-state index is -3.80. The number of morpholine rings is 1. The Morgan fingerprint density at radius 2 is 1.84 bits per heavy atom. The Morgan fingerprint density at radius 1 is 1.12 bits per heavy atom. The molecule has 8 nitrogen and oxygen atoms in total. The van der Waals surface area contributed by atoms with Crippen LogP contribution in [-0.2, 0) is 26.1 Å². The summed E-state index contributed by atoms with van der Waals surface area (Å²) in [5, 5.41) is 0.0680. The second-order valence-electron chi connectivity index (χ2n) is 7.05. The number of ketones is 1. The molecule has 10 heteroatoms. The molecule has 1 saturated heterocycles. The normalized spacial score (nSPS) is 14.7. The number of carbonyl (C=O) groups excluding carboxylic acids is 2. The first-order valence-electron chi connectivity index (χ1n) is 10.0. The molecule has 1 heterocycles. The summed E-state index contributed by atoms with van der Waals surface area (Å²) in [5.41, 5.74) is 0.902. The van der Waals surface area contributed by atoms with Crippen molar-refractivity contribution in [1.29, 1.82) is 0 Å². The Kier molecular flexibility index (Phi) is 7.89. The summed E-state index contributed by atoms with van der Waals surface area (Å²) in [6.45, 7) is 4.56. The van der Waals surface area contributed by atoms with Gasteiger partial charge in [0.05, 0.1) is 35.3 Å². The van der Waals surface area contributed by atoms with Crippen molar-refractivity contribution < 1.29 is 32.2 Å². The molecule has 0 bridgehead atoms. The average Bonchev–Trinajstić information content (AvgIpc) is 2.79. The van der Waals surface area contributed by atoms with Gasteiger partial charge in [0.15, 0.2) is 5.78 Å². The molecule has 0 saturated carbocycles. The summed E-state index contributed by atoms with van der Waals surface area (Å²) in [7, 11) is -3.80. The van der Waals surface area contributed by atoms with Gasteiger partial charge in [-0.05, 0) is 50.2 Å². The summed E-state index contributed by atoms with van der Waals surface area (Å²) >= 11 is 6.16. The minimum Gasteiger partial charge on any atom is -0.493 e. The van der Waals surface area contributed by atoms with E-state index in [2.05, 4.69) is 0 Å². The smallest absolute Gasteiger partial charge is 0.340 e. The minimum absolute atomic E-state index is 0.0515. The van der Waals surface area contributed by atoms with E-state index in [-0.39, 0.29) is 41.0 Å². The van der Waals surface area contributed by atoms with Gasteiger partial charge in [-0.3, -0.25) is 4.79 Å². The maximum atomic E-state index is 12.9. The van der Waals surface area contributed by atoms with E-state index in [0.717, 1.165) is 0 Å². The number of benzene rings is 2. The molecule has 172 valence electrons. The molecule has 0 aromatic heterocycles. The summed E-state index contributed by atoms with van der Waals surface area (Å²) < 4.78 is 43.2. The number of rotatable bonds is 8. The van der Waals surface area contributed by atoms with E-state index in [9.17, 15) is 18.0 Å². The van der Waals surface area contributed by atoms with Gasteiger partial charge in [-0.25, -0.2) is 13.2 Å². The zero-order chi connectivity index (χ0) is 23.3. The number of nitrogens with zero attached hydrogens (tertiary/aromatic N) is 1. The van der Waals surface area contributed by atoms with Crippen LogP contribution in [0.3, 0.4) is 0 Å². The van der Waals surface area contributed by atoms with Gasteiger partial charge in [0, 0.05) is 24.2 Å². The van der Waals surface area contributed by atoms with Crippen LogP contribution in [0.25, 0.3) is 0 Å². The van der Waals surface area contributed by atoms with E-state index in [1.54, 1.807) is 18.2 Å². The van der Waals surface area contributed by atoms with Crippen LogP contribution in [0.4, 0.5) is 0 Å². The van der Waals surface area contributed by atoms with Gasteiger partial charge in [-0.1, -0.05) is 11.6 Å². The van der Waals surface area contributed by atoms with Gasteiger partial charge in [-0.2, -0.15) is 4.31 Å². The predicted molar refractivity (Wildman–Crippen MR) is 118 cm³/mol. The van der Waals surface area contributed by atoms with Crippen LogP contribution >= 0.6 is 11.6 Å². The van der Waals surface area contributed by atoms with Gasteiger partial charge in [0.2, 0.25) is 10.0 Å². The molecule has 1 aliphatic rings. The molecule has 2 aromatic carbocycles. The van der Waals surface area contributed by atoms with Gasteiger partial charge in [0.1, 0.15) is 12.4 Å². The molecule has 0 aliphatic carbocycles. The van der Waals surface area contributed by atoms with Crippen LogP contribution in [0.1, 0.15) is 40.1 Å². The topological polar surface area (TPSA) is 99.2 Å². The van der Waals surface area contributed by atoms with Crippen molar-refractivity contribution in [1.82, 2.24) is 4.31 Å². The van der Waals surface area contributed by atoms with Gasteiger partial charge in [-0.15, -0.1) is 0 Å². The second kappa shape index (κ2) is 10.4. The summed E-state index contributed by atoms with van der Waals surface area (Å²) in [4.78, 5) is 24.4. The Bertz CT molecular complexity index is 1110. The fraction of sp³-hybridized carbons (Fsp3) is 0.364. The van der Waals surface area contributed by atoms with Gasteiger partial charge in [0.25, 0.3) is 0 Å². The van der Waals surface area contributed by atoms with E-state index in [1.165, 1.54) is 29.4 Å². The molecule has 1 fully saturated rings. The van der Waals surface area contributed by atoms with E-state index < -0.39 is 16.0 Å². The molecule has 0 unspecified atom stereocenters. The Labute approximate surface area is 192 Å². The highest BCUT2D eigenvalue weighted by Crippen LogP contribution is 2.26. The van der Waals surface area contributed by atoms with Gasteiger partial charge < -0.3 is 14.2 Å². The number of hydrogen-bond acceptors (Lipinski definition) is 7. The number of sulfonamides is 1. The summed E-state index contributed by atoms with van der Waals surface area (Å²) in [5.74, 6) is -0.436. The molecule has 2 aromatic rings. The highest BCUT2D eigenvalue weighted by atomic mass is 35.5. The number of ether oxygens (including phenoxy) is 3. The molecule has 0 amide bonds. The fourth-order valence-corrected chi connectivity index (χ4v) is 4.82. The first-order chi connectivity index (χ1) is 15.2. The fourth-order valence-electron chi connectivity index (χ4n) is 3.19. The van der Waals surface area contributed by atoms with E-state index in [1.807, 2.05) is 6.92 Å². The molecular formula is C22H24ClNO7S. The Balaban J connectivity index is 1.82. The first-order valence-corrected chi connectivity index (χ1v) is 11.9. The van der Waals surface area contributed by atoms with Crippen LogP contribution in [0, 0.1) is 0 Å². The molecule has 0 N–H and O–H groups in total. The standard InChI is InChI=1S/C22H24ClNO7S/c1-3-30-21-7-4-16(15(2)25)12-17(21)14-31-22(26)19-13-18(5-6-20(19)23)32(27,28)24-8-10-29-11-9-24/h4-7,12-13H,3,8-11,14H2,1-2H3. The molecule has 0 atom stereocenters. The molecule has 0 spiro atoms. The number of hydrogen-bond donors (Lipinski definition) is 0. The zero-order valence-corrected chi connectivity index (χ0v) is 19.4. The quantitative estimate of drug-likeness (QED) is 0.421. The van der Waals surface area contributed by atoms with E-state index in [4.69, 9.17) is 25.8 Å². The lowest BCUT2D eigenvalue weighted by molar-refractivity contribution is 0.0469. The number of esters is 1. The predicted octanol–water partition coefficient (Wildman–Crippen LogP) is 3.32. The lowest BCUT2D eigenvalue weighted by Gasteiger charge is -2.26. The van der Waals surface area contributed by atoms with Crippen molar-refractivity contribution >= 4 is 33.4 Å². The van der Waals surface area contributed by atoms with Crippen molar-refractivity contribution in [3.8, 4) is 5.75 Å². The highest BCUT2D eigenvalue weighted by molar-refractivity contribution is 7.89. The number of carbonyl (C=O) groups is 2. The molecule has 3 rings (SSSR count). The van der Waals surface area contributed by atoms with Crippen molar-refractivity contribution in [2.75, 3.05) is 32.9 Å². The second-order valence-corrected chi connectivity index (χ2v) is 9.39. The highest BCUT2D eigenvalue weighted by Gasteiger charge is 2.28. The van der Waals surface area contributed by atoms with Crippen LogP contribution in [0.15, 0.2) is 41.3 Å². The first kappa shape index (κ1) is 24.2. The maximum Gasteiger partial charge on any atom is 0.340 e. The molecule has 0 radical (unpaired) electrons. The van der Waals surface area contributed by atoms with Crippen LogP contribution in [0.2, 0.25) is 5.02 Å². The zero-order valence-electron chi connectivity index (χ0n) is 17.8. The summed E-state index contributed by atoms with van der Waals surface area (Å²) in [6.07, 6.45) is 0. The number of Topliss-reactive ketones (excluding diaryl/α,β-unsaturated/α-hetero) is 1. The lowest BCUT2D eigenvalue weighted by Crippen LogP contribution is -2.40. The molecule has 1 aliphatic heterocycles. The Morgan fingerprint density at radius 3 is 2.50 bits per heavy atom. The van der Waals surface area contributed by atoms with Crippen molar-refractivity contribution in [3.63, 3.8) is 0 Å². The van der Waals surface area contributed by atoms with Crippen LogP contribution in [0.5, 0.6) is 5.75 Å². The van der Waals surface area contributed by atoms with E-state index >= 15 is 0 Å². The largest absolute Gasteiger partial charge is 0.493 e. The lowest BCUT2D eigenvalue weighted by atomic mass is 10.1. The van der Waals surface area contributed by atoms with Crippen molar-refractivity contribution in [2.45, 2.75) is 25.3 Å². The third-order valence-electron chi connectivity index (χ3n) is 4.89. The van der Waals surface area contributed by atoms with E-state index in [0.29, 0.717) is 36.7 Å². The SMILES string of the molecule is CCOc1ccc(C(C)=O)cc1COC(=O)c1cc(S(=O)(=O)N2CCOCC2)ccc1Cl. The van der Waals surface area contributed by atoms with Gasteiger partial charge >= 0.3 is 5.97 Å². The van der Waals surface area contributed by atoms with Crippen molar-refractivity contribution in [2.24, 2.45) is 0 Å². The van der Waals surface area contributed by atoms with Crippen LogP contribution < -0.4 is 4.74 Å². The Hall–Kier alpha value is -2.46. The maximum absolute atomic E-state index is 12.9. The molecular weight excluding hydrogens is 458 g/mol. The third-order valence-corrected chi connectivity index (χ3v) is 7.12. The summed E-state index contributed by atoms with van der Waals surface area (Å²) in [6, 6.07) is 8.80. The third kappa shape index (κ3) is 5.47. The monoisotopic (exact) mass is 481 g/mol. The average molecular weight is 482 g/mol. The van der Waals surface area contributed by atoms with Crippen molar-refractivity contribution in [3.05, 3.63) is 58.1 Å². The molecule has 32 heavy (non-hydrogen) atoms.